The normalized spacial score (nSPS) is 15.7. The Balaban J connectivity index is 1.71. The van der Waals surface area contributed by atoms with Gasteiger partial charge in [0.2, 0.25) is 5.95 Å². The van der Waals surface area contributed by atoms with Crippen LogP contribution in [0.25, 0.3) is 11.3 Å². The van der Waals surface area contributed by atoms with E-state index in [9.17, 15) is 0 Å². The Kier molecular flexibility index (Phi) is 4.63. The minimum absolute atomic E-state index is 0.705. The molecule has 0 spiro atoms. The molecule has 3 rings (SSSR count). The third-order valence-corrected chi connectivity index (χ3v) is 4.16. The molecule has 1 saturated heterocycles. The van der Waals surface area contributed by atoms with Gasteiger partial charge in [-0.05, 0) is 63.9 Å². The Hall–Kier alpha value is -2.01. The van der Waals surface area contributed by atoms with Crippen molar-refractivity contribution in [3.8, 4) is 11.3 Å². The van der Waals surface area contributed by atoms with Crippen molar-refractivity contribution in [2.45, 2.75) is 26.7 Å². The van der Waals surface area contributed by atoms with Crippen molar-refractivity contribution >= 4 is 5.95 Å². The van der Waals surface area contributed by atoms with Crippen LogP contribution in [0, 0.1) is 19.8 Å². The number of hydrogen-bond donors (Lipinski definition) is 2. The fourth-order valence-electron chi connectivity index (χ4n) is 2.87. The maximum absolute atomic E-state index is 4.64. The minimum Gasteiger partial charge on any atom is -0.354 e. The van der Waals surface area contributed by atoms with Crippen molar-refractivity contribution in [3.63, 3.8) is 0 Å². The van der Waals surface area contributed by atoms with Crippen LogP contribution < -0.4 is 10.6 Å². The highest BCUT2D eigenvalue weighted by atomic mass is 15.1. The van der Waals surface area contributed by atoms with E-state index in [4.69, 9.17) is 0 Å². The zero-order valence-electron chi connectivity index (χ0n) is 13.3. The largest absolute Gasteiger partial charge is 0.354 e. The molecule has 5 nitrogen and oxygen atoms in total. The molecule has 0 aliphatic carbocycles. The first-order valence-electron chi connectivity index (χ1n) is 7.94. The van der Waals surface area contributed by atoms with Gasteiger partial charge in [-0.1, -0.05) is 0 Å². The van der Waals surface area contributed by atoms with Crippen LogP contribution in [0.2, 0.25) is 0 Å². The maximum Gasteiger partial charge on any atom is 0.223 e. The number of anilines is 1. The molecule has 0 saturated carbocycles. The van der Waals surface area contributed by atoms with E-state index in [1.165, 1.54) is 12.8 Å². The second-order valence-corrected chi connectivity index (χ2v) is 5.93. The molecule has 1 aliphatic heterocycles. The standard InChI is InChI=1S/C17H23N5/c1-12-3-4-15(13(2)21-12)16-7-10-19-17(22-16)20-11-14-5-8-18-9-6-14/h3-4,7,10,14,18H,5-6,8-9,11H2,1-2H3,(H,19,20,22). The summed E-state index contributed by atoms with van der Waals surface area (Å²) < 4.78 is 0. The smallest absolute Gasteiger partial charge is 0.223 e. The average molecular weight is 297 g/mol. The lowest BCUT2D eigenvalue weighted by Gasteiger charge is -2.22. The van der Waals surface area contributed by atoms with E-state index in [1.807, 2.05) is 32.2 Å². The summed E-state index contributed by atoms with van der Waals surface area (Å²) in [5.41, 5.74) is 4.02. The summed E-state index contributed by atoms with van der Waals surface area (Å²) in [4.78, 5) is 13.5. The van der Waals surface area contributed by atoms with E-state index in [1.54, 1.807) is 0 Å². The molecule has 1 fully saturated rings. The van der Waals surface area contributed by atoms with E-state index < -0.39 is 0 Å². The maximum atomic E-state index is 4.64. The number of aryl methyl sites for hydroxylation is 2. The lowest BCUT2D eigenvalue weighted by molar-refractivity contribution is 0.389. The van der Waals surface area contributed by atoms with Crippen LogP contribution in [0.4, 0.5) is 5.95 Å². The predicted octanol–water partition coefficient (Wildman–Crippen LogP) is 2.57. The SMILES string of the molecule is Cc1ccc(-c2ccnc(NCC3CCNCC3)n2)c(C)n1. The Morgan fingerprint density at radius 1 is 1.14 bits per heavy atom. The first-order chi connectivity index (χ1) is 10.7. The van der Waals surface area contributed by atoms with Gasteiger partial charge in [0.25, 0.3) is 0 Å². The zero-order chi connectivity index (χ0) is 15.4. The summed E-state index contributed by atoms with van der Waals surface area (Å²) in [7, 11) is 0. The average Bonchev–Trinajstić information content (AvgIpc) is 2.54. The Bertz CT molecular complexity index is 635. The molecule has 0 radical (unpaired) electrons. The summed E-state index contributed by atoms with van der Waals surface area (Å²) in [6.45, 7) is 7.19. The fraction of sp³-hybridized carbons (Fsp3) is 0.471. The molecule has 0 amide bonds. The Labute approximate surface area is 131 Å². The molecular formula is C17H23N5. The molecule has 2 aromatic heterocycles. The highest BCUT2D eigenvalue weighted by Gasteiger charge is 2.13. The number of hydrogen-bond acceptors (Lipinski definition) is 5. The third kappa shape index (κ3) is 3.60. The van der Waals surface area contributed by atoms with Crippen LogP contribution in [0.15, 0.2) is 24.4 Å². The number of nitrogens with zero attached hydrogens (tertiary/aromatic N) is 3. The molecule has 2 N–H and O–H groups in total. The molecule has 1 aliphatic rings. The molecule has 0 bridgehead atoms. The van der Waals surface area contributed by atoms with Crippen molar-refractivity contribution in [1.82, 2.24) is 20.3 Å². The lowest BCUT2D eigenvalue weighted by atomic mass is 9.98. The lowest BCUT2D eigenvalue weighted by Crippen LogP contribution is -2.31. The second kappa shape index (κ2) is 6.83. The van der Waals surface area contributed by atoms with Crippen LogP contribution >= 0.6 is 0 Å². The Morgan fingerprint density at radius 3 is 2.73 bits per heavy atom. The van der Waals surface area contributed by atoms with Gasteiger partial charge in [-0.2, -0.15) is 0 Å². The van der Waals surface area contributed by atoms with Crippen molar-refractivity contribution < 1.29 is 0 Å². The summed E-state index contributed by atoms with van der Waals surface area (Å²) in [6.07, 6.45) is 4.24. The highest BCUT2D eigenvalue weighted by Crippen LogP contribution is 2.21. The first-order valence-corrected chi connectivity index (χ1v) is 7.94. The van der Waals surface area contributed by atoms with E-state index in [0.29, 0.717) is 11.9 Å². The summed E-state index contributed by atoms with van der Waals surface area (Å²) >= 11 is 0. The van der Waals surface area contributed by atoms with Crippen LogP contribution in [-0.4, -0.2) is 34.6 Å². The summed E-state index contributed by atoms with van der Waals surface area (Å²) in [5.74, 6) is 1.41. The Morgan fingerprint density at radius 2 is 1.95 bits per heavy atom. The van der Waals surface area contributed by atoms with E-state index in [2.05, 4.69) is 31.7 Å². The van der Waals surface area contributed by atoms with Crippen molar-refractivity contribution in [2.75, 3.05) is 25.0 Å². The van der Waals surface area contributed by atoms with Crippen LogP contribution in [-0.2, 0) is 0 Å². The van der Waals surface area contributed by atoms with E-state index in [0.717, 1.165) is 42.3 Å². The molecule has 5 heteroatoms. The molecule has 3 heterocycles. The molecule has 22 heavy (non-hydrogen) atoms. The van der Waals surface area contributed by atoms with Gasteiger partial charge in [-0.3, -0.25) is 4.98 Å². The van der Waals surface area contributed by atoms with Crippen molar-refractivity contribution in [1.29, 1.82) is 0 Å². The van der Waals surface area contributed by atoms with Gasteiger partial charge in [0.15, 0.2) is 0 Å². The monoisotopic (exact) mass is 297 g/mol. The van der Waals surface area contributed by atoms with Crippen molar-refractivity contribution in [2.24, 2.45) is 5.92 Å². The van der Waals surface area contributed by atoms with Gasteiger partial charge in [-0.15, -0.1) is 0 Å². The van der Waals surface area contributed by atoms with Crippen LogP contribution in [0.1, 0.15) is 24.2 Å². The van der Waals surface area contributed by atoms with Crippen LogP contribution in [0.3, 0.4) is 0 Å². The van der Waals surface area contributed by atoms with Gasteiger partial charge in [-0.25, -0.2) is 9.97 Å². The molecule has 0 unspecified atom stereocenters. The number of nitrogens with one attached hydrogen (secondary N) is 2. The summed E-state index contributed by atoms with van der Waals surface area (Å²) in [5, 5.41) is 6.77. The number of rotatable bonds is 4. The topological polar surface area (TPSA) is 62.7 Å². The molecule has 0 atom stereocenters. The second-order valence-electron chi connectivity index (χ2n) is 5.93. The number of pyridine rings is 1. The van der Waals surface area contributed by atoms with E-state index in [-0.39, 0.29) is 0 Å². The van der Waals surface area contributed by atoms with Gasteiger partial charge in [0.1, 0.15) is 0 Å². The highest BCUT2D eigenvalue weighted by molar-refractivity contribution is 5.62. The first kappa shape index (κ1) is 14.9. The molecule has 116 valence electrons. The van der Waals surface area contributed by atoms with Gasteiger partial charge < -0.3 is 10.6 Å². The zero-order valence-corrected chi connectivity index (χ0v) is 13.3. The fourth-order valence-corrected chi connectivity index (χ4v) is 2.87. The minimum atomic E-state index is 0.705. The number of aromatic nitrogens is 3. The van der Waals surface area contributed by atoms with Crippen LogP contribution in [0.5, 0.6) is 0 Å². The van der Waals surface area contributed by atoms with Gasteiger partial charge >= 0.3 is 0 Å². The van der Waals surface area contributed by atoms with Gasteiger partial charge in [0.05, 0.1) is 5.69 Å². The van der Waals surface area contributed by atoms with E-state index >= 15 is 0 Å². The van der Waals surface area contributed by atoms with Gasteiger partial charge in [0, 0.05) is 29.7 Å². The predicted molar refractivity (Wildman–Crippen MR) is 88.8 cm³/mol. The molecular weight excluding hydrogens is 274 g/mol. The van der Waals surface area contributed by atoms with Crippen molar-refractivity contribution in [3.05, 3.63) is 35.8 Å². The number of piperidine rings is 1. The summed E-state index contributed by atoms with van der Waals surface area (Å²) in [6, 6.07) is 6.04. The molecule has 0 aromatic carbocycles. The third-order valence-electron chi connectivity index (χ3n) is 4.16. The molecule has 2 aromatic rings. The quantitative estimate of drug-likeness (QED) is 0.908.